The molecule has 2 aromatic rings. The van der Waals surface area contributed by atoms with Gasteiger partial charge in [-0.3, -0.25) is 14.9 Å². The summed E-state index contributed by atoms with van der Waals surface area (Å²) < 4.78 is 14.2. The van der Waals surface area contributed by atoms with Crippen molar-refractivity contribution < 1.29 is 14.0 Å². The Bertz CT molecular complexity index is 781. The number of hydrogen-bond donors (Lipinski definition) is 3. The standard InChI is InChI=1S/C15H15FN4O2S2.ClH/c1-8(21)18-9-2-3-10(11(16)4-9)12-6-24-15(19-12)20-14(22)13-5-23-7-17-13;/h2-4,6,13,17H,5,7H2,1H3,(H,18,21)(H,19,20,22);1H. The third-order valence-electron chi connectivity index (χ3n) is 3.33. The van der Waals surface area contributed by atoms with E-state index in [1.807, 2.05) is 0 Å². The maximum Gasteiger partial charge on any atom is 0.244 e. The van der Waals surface area contributed by atoms with Crippen LogP contribution < -0.4 is 16.0 Å². The number of halogens is 2. The zero-order valence-corrected chi connectivity index (χ0v) is 15.6. The predicted molar refractivity (Wildman–Crippen MR) is 102 cm³/mol. The molecule has 1 aromatic heterocycles. The van der Waals surface area contributed by atoms with Crippen LogP contribution in [-0.4, -0.2) is 34.5 Å². The minimum Gasteiger partial charge on any atom is -0.326 e. The molecular formula is C15H16ClFN4O2S2. The van der Waals surface area contributed by atoms with E-state index in [-0.39, 0.29) is 30.3 Å². The van der Waals surface area contributed by atoms with Crippen LogP contribution in [0.4, 0.5) is 15.2 Å². The number of hydrogen-bond acceptors (Lipinski definition) is 6. The van der Waals surface area contributed by atoms with E-state index < -0.39 is 5.82 Å². The lowest BCUT2D eigenvalue weighted by atomic mass is 10.1. The van der Waals surface area contributed by atoms with Crippen molar-refractivity contribution in [3.8, 4) is 11.3 Å². The number of benzene rings is 1. The molecule has 1 saturated heterocycles. The average Bonchev–Trinajstić information content (AvgIpc) is 3.18. The first-order valence-electron chi connectivity index (χ1n) is 7.18. The molecule has 1 unspecified atom stereocenters. The second-order valence-electron chi connectivity index (χ2n) is 5.17. The number of aromatic nitrogens is 1. The fourth-order valence-electron chi connectivity index (χ4n) is 2.21. The van der Waals surface area contributed by atoms with E-state index in [1.165, 1.54) is 24.3 Å². The minimum atomic E-state index is -0.488. The van der Waals surface area contributed by atoms with Crippen molar-refractivity contribution in [2.45, 2.75) is 13.0 Å². The van der Waals surface area contributed by atoms with Crippen LogP contribution in [-0.2, 0) is 9.59 Å². The van der Waals surface area contributed by atoms with E-state index in [4.69, 9.17) is 0 Å². The Hall–Kier alpha value is -1.68. The minimum absolute atomic E-state index is 0. The Morgan fingerprint density at radius 2 is 2.16 bits per heavy atom. The number of anilines is 2. The van der Waals surface area contributed by atoms with Gasteiger partial charge in [0, 0.05) is 35.2 Å². The first-order chi connectivity index (χ1) is 11.5. The van der Waals surface area contributed by atoms with Crippen LogP contribution in [0.25, 0.3) is 11.3 Å². The van der Waals surface area contributed by atoms with E-state index in [2.05, 4.69) is 20.9 Å². The quantitative estimate of drug-likeness (QED) is 0.732. The van der Waals surface area contributed by atoms with Crippen molar-refractivity contribution in [1.82, 2.24) is 10.3 Å². The number of carbonyl (C=O) groups excluding carboxylic acids is 2. The second-order valence-corrected chi connectivity index (χ2v) is 7.06. The van der Waals surface area contributed by atoms with Crippen LogP contribution in [0.2, 0.25) is 0 Å². The summed E-state index contributed by atoms with van der Waals surface area (Å²) >= 11 is 2.90. The highest BCUT2D eigenvalue weighted by atomic mass is 35.5. The topological polar surface area (TPSA) is 83.1 Å². The molecule has 1 atom stereocenters. The SMILES string of the molecule is CC(=O)Nc1ccc(-c2csc(NC(=O)C3CSCN3)n2)c(F)c1.Cl. The van der Waals surface area contributed by atoms with Gasteiger partial charge in [0.25, 0.3) is 0 Å². The summed E-state index contributed by atoms with van der Waals surface area (Å²) in [5.41, 5.74) is 1.14. The first kappa shape index (κ1) is 19.6. The molecule has 0 saturated carbocycles. The largest absolute Gasteiger partial charge is 0.326 e. The summed E-state index contributed by atoms with van der Waals surface area (Å²) in [5, 5.41) is 10.5. The van der Waals surface area contributed by atoms with Gasteiger partial charge in [0.2, 0.25) is 11.8 Å². The highest BCUT2D eigenvalue weighted by Crippen LogP contribution is 2.29. The Kier molecular flexibility index (Phi) is 6.77. The van der Waals surface area contributed by atoms with Crippen molar-refractivity contribution in [2.75, 3.05) is 22.3 Å². The van der Waals surface area contributed by atoms with Crippen LogP contribution in [0, 0.1) is 5.82 Å². The molecule has 2 amide bonds. The highest BCUT2D eigenvalue weighted by molar-refractivity contribution is 7.99. The summed E-state index contributed by atoms with van der Waals surface area (Å²) in [6.45, 7) is 1.36. The van der Waals surface area contributed by atoms with Gasteiger partial charge in [0.05, 0.1) is 11.7 Å². The predicted octanol–water partition coefficient (Wildman–Crippen LogP) is 2.93. The lowest BCUT2D eigenvalue weighted by molar-refractivity contribution is -0.117. The lowest BCUT2D eigenvalue weighted by Gasteiger charge is -2.07. The summed E-state index contributed by atoms with van der Waals surface area (Å²) in [4.78, 5) is 27.3. The molecule has 0 bridgehead atoms. The number of rotatable bonds is 4. The first-order valence-corrected chi connectivity index (χ1v) is 9.21. The number of thiazole rings is 1. The number of nitrogens with zero attached hydrogens (tertiary/aromatic N) is 1. The Balaban J connectivity index is 0.00000225. The molecule has 1 fully saturated rings. The normalized spacial score (nSPS) is 16.2. The van der Waals surface area contributed by atoms with E-state index in [9.17, 15) is 14.0 Å². The van der Waals surface area contributed by atoms with Gasteiger partial charge in [-0.15, -0.1) is 35.5 Å². The molecule has 1 aliphatic rings. The molecule has 3 rings (SSSR count). The molecule has 2 heterocycles. The number of carbonyl (C=O) groups is 2. The van der Waals surface area contributed by atoms with Gasteiger partial charge in [-0.2, -0.15) is 0 Å². The molecule has 10 heteroatoms. The highest BCUT2D eigenvalue weighted by Gasteiger charge is 2.23. The van der Waals surface area contributed by atoms with Gasteiger partial charge >= 0.3 is 0 Å². The van der Waals surface area contributed by atoms with Gasteiger partial charge in [-0.05, 0) is 18.2 Å². The fraction of sp³-hybridized carbons (Fsp3) is 0.267. The average molecular weight is 403 g/mol. The van der Waals surface area contributed by atoms with Gasteiger partial charge < -0.3 is 10.6 Å². The molecule has 1 aliphatic heterocycles. The van der Waals surface area contributed by atoms with Crippen LogP contribution >= 0.6 is 35.5 Å². The summed E-state index contributed by atoms with van der Waals surface area (Å²) in [6.07, 6.45) is 0. The number of amides is 2. The number of thioether (sulfide) groups is 1. The van der Waals surface area contributed by atoms with E-state index >= 15 is 0 Å². The van der Waals surface area contributed by atoms with Crippen LogP contribution in [0.5, 0.6) is 0 Å². The molecule has 0 spiro atoms. The van der Waals surface area contributed by atoms with Crippen molar-refractivity contribution >= 4 is 58.1 Å². The van der Waals surface area contributed by atoms with Gasteiger partial charge in [0.15, 0.2) is 5.13 Å². The van der Waals surface area contributed by atoms with Crippen molar-refractivity contribution in [3.05, 3.63) is 29.4 Å². The molecule has 25 heavy (non-hydrogen) atoms. The zero-order valence-electron chi connectivity index (χ0n) is 13.2. The molecule has 0 aliphatic carbocycles. The van der Waals surface area contributed by atoms with Crippen LogP contribution in [0.1, 0.15) is 6.92 Å². The molecule has 0 radical (unpaired) electrons. The van der Waals surface area contributed by atoms with Crippen molar-refractivity contribution in [2.24, 2.45) is 0 Å². The Labute approximate surface area is 158 Å². The van der Waals surface area contributed by atoms with Gasteiger partial charge in [-0.25, -0.2) is 9.37 Å². The second kappa shape index (κ2) is 8.61. The third-order valence-corrected chi connectivity index (χ3v) is 5.03. The molecule has 134 valence electrons. The molecular weight excluding hydrogens is 387 g/mol. The molecule has 6 nitrogen and oxygen atoms in total. The van der Waals surface area contributed by atoms with E-state index in [0.29, 0.717) is 22.1 Å². The monoisotopic (exact) mass is 402 g/mol. The molecule has 3 N–H and O–H groups in total. The zero-order chi connectivity index (χ0) is 17.1. The summed E-state index contributed by atoms with van der Waals surface area (Å²) in [6, 6.07) is 4.18. The van der Waals surface area contributed by atoms with Gasteiger partial charge in [0.1, 0.15) is 5.82 Å². The lowest BCUT2D eigenvalue weighted by Crippen LogP contribution is -2.37. The van der Waals surface area contributed by atoms with Crippen molar-refractivity contribution in [3.63, 3.8) is 0 Å². The third kappa shape index (κ3) is 4.91. The van der Waals surface area contributed by atoms with Crippen molar-refractivity contribution in [1.29, 1.82) is 0 Å². The summed E-state index contributed by atoms with van der Waals surface area (Å²) in [5.74, 6) is 0.594. The Morgan fingerprint density at radius 1 is 1.36 bits per heavy atom. The molecule has 1 aromatic carbocycles. The van der Waals surface area contributed by atoms with Gasteiger partial charge in [-0.1, -0.05) is 0 Å². The van der Waals surface area contributed by atoms with Crippen LogP contribution in [0.3, 0.4) is 0 Å². The number of nitrogens with one attached hydrogen (secondary N) is 3. The Morgan fingerprint density at radius 3 is 2.80 bits per heavy atom. The van der Waals surface area contributed by atoms with E-state index in [0.717, 1.165) is 11.6 Å². The van der Waals surface area contributed by atoms with E-state index in [1.54, 1.807) is 29.3 Å². The smallest absolute Gasteiger partial charge is 0.244 e. The maximum atomic E-state index is 14.2. The van der Waals surface area contributed by atoms with Crippen LogP contribution in [0.15, 0.2) is 23.6 Å². The fourth-order valence-corrected chi connectivity index (χ4v) is 3.87. The maximum absolute atomic E-state index is 14.2. The summed E-state index contributed by atoms with van der Waals surface area (Å²) in [7, 11) is 0.